The van der Waals surface area contributed by atoms with Crippen LogP contribution in [0.5, 0.6) is 0 Å². The molecule has 1 amide bonds. The fourth-order valence-electron chi connectivity index (χ4n) is 2.27. The zero-order valence-corrected chi connectivity index (χ0v) is 11.0. The molecule has 5 heteroatoms. The van der Waals surface area contributed by atoms with Gasteiger partial charge in [-0.15, -0.1) is 0 Å². The number of aryl methyl sites for hydroxylation is 1. The van der Waals surface area contributed by atoms with E-state index >= 15 is 0 Å². The molecule has 1 aromatic heterocycles. The normalized spacial score (nSPS) is 21.4. The van der Waals surface area contributed by atoms with Crippen molar-refractivity contribution >= 4 is 11.6 Å². The van der Waals surface area contributed by atoms with Crippen molar-refractivity contribution in [1.82, 2.24) is 15.6 Å². The van der Waals surface area contributed by atoms with Crippen LogP contribution in [0.4, 0.5) is 0 Å². The van der Waals surface area contributed by atoms with Crippen LogP contribution in [-0.2, 0) is 11.2 Å². The molecule has 1 unspecified atom stereocenters. The predicted octanol–water partition coefficient (Wildman–Crippen LogP) is 1.94. The summed E-state index contributed by atoms with van der Waals surface area (Å²) >= 11 is 0. The van der Waals surface area contributed by atoms with E-state index in [1.807, 2.05) is 13.0 Å². The average molecular weight is 248 g/mol. The maximum Gasteiger partial charge on any atom is 0.246 e. The Labute approximate surface area is 107 Å². The summed E-state index contributed by atoms with van der Waals surface area (Å²) in [5, 5.41) is 11.0. The van der Waals surface area contributed by atoms with E-state index in [4.69, 9.17) is 0 Å². The number of aromatic amines is 1. The number of hydrazone groups is 1. The third kappa shape index (κ3) is 3.42. The van der Waals surface area contributed by atoms with Crippen LogP contribution in [0.15, 0.2) is 11.2 Å². The molecule has 1 heterocycles. The Morgan fingerprint density at radius 3 is 3.11 bits per heavy atom. The van der Waals surface area contributed by atoms with Crippen LogP contribution in [-0.4, -0.2) is 21.8 Å². The molecule has 0 aliphatic heterocycles. The standard InChI is InChI=1S/C13H20N4O/c1-3-10-4-5-11(7-10)15-17-13(18)8-12-6-9(2)14-16-12/h6,10H,3-5,7-8H2,1-2H3,(H,14,16)(H,17,18). The van der Waals surface area contributed by atoms with Crippen LogP contribution in [0.25, 0.3) is 0 Å². The van der Waals surface area contributed by atoms with Gasteiger partial charge in [-0.2, -0.15) is 10.2 Å². The fourth-order valence-corrected chi connectivity index (χ4v) is 2.27. The van der Waals surface area contributed by atoms with E-state index in [1.54, 1.807) is 0 Å². The van der Waals surface area contributed by atoms with Gasteiger partial charge >= 0.3 is 0 Å². The van der Waals surface area contributed by atoms with Crippen molar-refractivity contribution in [2.24, 2.45) is 11.0 Å². The number of hydrogen-bond donors (Lipinski definition) is 2. The van der Waals surface area contributed by atoms with Crippen LogP contribution in [0.1, 0.15) is 44.0 Å². The van der Waals surface area contributed by atoms with Crippen LogP contribution in [0.2, 0.25) is 0 Å². The molecule has 98 valence electrons. The summed E-state index contributed by atoms with van der Waals surface area (Å²) in [7, 11) is 0. The first-order valence-electron chi connectivity index (χ1n) is 6.52. The van der Waals surface area contributed by atoms with Gasteiger partial charge in [0, 0.05) is 11.4 Å². The molecule has 0 saturated heterocycles. The quantitative estimate of drug-likeness (QED) is 0.799. The number of H-pyrrole nitrogens is 1. The molecule has 1 saturated carbocycles. The molecule has 0 aromatic carbocycles. The molecule has 1 aliphatic rings. The smallest absolute Gasteiger partial charge is 0.246 e. The number of rotatable bonds is 4. The Hall–Kier alpha value is -1.65. The van der Waals surface area contributed by atoms with Crippen molar-refractivity contribution < 1.29 is 4.79 Å². The van der Waals surface area contributed by atoms with E-state index < -0.39 is 0 Å². The number of carbonyl (C=O) groups is 1. The van der Waals surface area contributed by atoms with Crippen LogP contribution in [0.3, 0.4) is 0 Å². The summed E-state index contributed by atoms with van der Waals surface area (Å²) in [6, 6.07) is 1.87. The zero-order chi connectivity index (χ0) is 13.0. The molecule has 2 rings (SSSR count). The van der Waals surface area contributed by atoms with Gasteiger partial charge in [-0.3, -0.25) is 9.89 Å². The third-order valence-electron chi connectivity index (χ3n) is 3.38. The van der Waals surface area contributed by atoms with Gasteiger partial charge in [0.15, 0.2) is 0 Å². The van der Waals surface area contributed by atoms with Crippen molar-refractivity contribution in [2.45, 2.75) is 46.0 Å². The second-order valence-corrected chi connectivity index (χ2v) is 4.95. The Balaban J connectivity index is 1.80. The molecule has 2 N–H and O–H groups in total. The maximum atomic E-state index is 11.7. The molecular formula is C13H20N4O. The van der Waals surface area contributed by atoms with E-state index in [0.29, 0.717) is 0 Å². The number of aromatic nitrogens is 2. The van der Waals surface area contributed by atoms with Crippen LogP contribution >= 0.6 is 0 Å². The highest BCUT2D eigenvalue weighted by Gasteiger charge is 2.19. The average Bonchev–Trinajstić information content (AvgIpc) is 2.95. The molecule has 5 nitrogen and oxygen atoms in total. The molecular weight excluding hydrogens is 228 g/mol. The van der Waals surface area contributed by atoms with Crippen LogP contribution in [0, 0.1) is 12.8 Å². The van der Waals surface area contributed by atoms with Crippen molar-refractivity contribution in [3.05, 3.63) is 17.5 Å². The zero-order valence-electron chi connectivity index (χ0n) is 11.0. The van der Waals surface area contributed by atoms with Gasteiger partial charge in [-0.1, -0.05) is 13.3 Å². The minimum Gasteiger partial charge on any atom is -0.283 e. The number of nitrogens with one attached hydrogen (secondary N) is 2. The van der Waals surface area contributed by atoms with Gasteiger partial charge in [0.05, 0.1) is 12.1 Å². The van der Waals surface area contributed by atoms with Crippen molar-refractivity contribution in [1.29, 1.82) is 0 Å². The molecule has 1 aliphatic carbocycles. The predicted molar refractivity (Wildman–Crippen MR) is 70.2 cm³/mol. The summed E-state index contributed by atoms with van der Waals surface area (Å²) in [6.07, 6.45) is 4.71. The van der Waals surface area contributed by atoms with Crippen LogP contribution < -0.4 is 5.43 Å². The molecule has 0 spiro atoms. The Morgan fingerprint density at radius 1 is 1.67 bits per heavy atom. The number of nitrogens with zero attached hydrogens (tertiary/aromatic N) is 2. The number of amides is 1. The monoisotopic (exact) mass is 248 g/mol. The maximum absolute atomic E-state index is 11.7. The highest BCUT2D eigenvalue weighted by molar-refractivity contribution is 5.88. The highest BCUT2D eigenvalue weighted by Crippen LogP contribution is 2.25. The lowest BCUT2D eigenvalue weighted by Gasteiger charge is -2.01. The summed E-state index contributed by atoms with van der Waals surface area (Å²) < 4.78 is 0. The van der Waals surface area contributed by atoms with Crippen molar-refractivity contribution in [2.75, 3.05) is 0 Å². The van der Waals surface area contributed by atoms with Gasteiger partial charge in [0.2, 0.25) is 5.91 Å². The molecule has 0 radical (unpaired) electrons. The second-order valence-electron chi connectivity index (χ2n) is 4.95. The summed E-state index contributed by atoms with van der Waals surface area (Å²) in [5.74, 6) is 0.642. The lowest BCUT2D eigenvalue weighted by molar-refractivity contribution is -0.120. The van der Waals surface area contributed by atoms with Crippen molar-refractivity contribution in [3.63, 3.8) is 0 Å². The van der Waals surface area contributed by atoms with Crippen molar-refractivity contribution in [3.8, 4) is 0 Å². The largest absolute Gasteiger partial charge is 0.283 e. The van der Waals surface area contributed by atoms with Gasteiger partial charge in [-0.05, 0) is 38.2 Å². The first kappa shape index (κ1) is 12.8. The van der Waals surface area contributed by atoms with E-state index in [1.165, 1.54) is 12.8 Å². The molecule has 0 bridgehead atoms. The SMILES string of the molecule is CCC1CCC(=NNC(=O)Cc2cc(C)[nH]n2)C1. The molecule has 1 atom stereocenters. The Morgan fingerprint density at radius 2 is 2.50 bits per heavy atom. The second kappa shape index (κ2) is 5.80. The van der Waals surface area contributed by atoms with E-state index in [0.717, 1.165) is 35.9 Å². The number of carbonyl (C=O) groups excluding carboxylic acids is 1. The topological polar surface area (TPSA) is 70.1 Å². The van der Waals surface area contributed by atoms with E-state index in [9.17, 15) is 4.79 Å². The first-order chi connectivity index (χ1) is 8.67. The summed E-state index contributed by atoms with van der Waals surface area (Å²) in [4.78, 5) is 11.7. The number of hydrogen-bond acceptors (Lipinski definition) is 3. The van der Waals surface area contributed by atoms with Gasteiger partial charge < -0.3 is 0 Å². The first-order valence-corrected chi connectivity index (χ1v) is 6.52. The lowest BCUT2D eigenvalue weighted by atomic mass is 10.1. The highest BCUT2D eigenvalue weighted by atomic mass is 16.2. The molecule has 18 heavy (non-hydrogen) atoms. The Kier molecular flexibility index (Phi) is 4.12. The Bertz CT molecular complexity index is 450. The fraction of sp³-hybridized carbons (Fsp3) is 0.615. The minimum absolute atomic E-state index is 0.103. The van der Waals surface area contributed by atoms with Gasteiger partial charge in [-0.25, -0.2) is 5.43 Å². The minimum atomic E-state index is -0.103. The summed E-state index contributed by atoms with van der Waals surface area (Å²) in [5.41, 5.74) is 5.46. The summed E-state index contributed by atoms with van der Waals surface area (Å²) in [6.45, 7) is 4.12. The van der Waals surface area contributed by atoms with Gasteiger partial charge in [0.1, 0.15) is 0 Å². The molecule has 1 fully saturated rings. The molecule has 1 aromatic rings. The van der Waals surface area contributed by atoms with E-state index in [2.05, 4.69) is 27.6 Å². The third-order valence-corrected chi connectivity index (χ3v) is 3.38. The lowest BCUT2D eigenvalue weighted by Crippen LogP contribution is -2.21. The van der Waals surface area contributed by atoms with Gasteiger partial charge in [0.25, 0.3) is 0 Å². The van der Waals surface area contributed by atoms with E-state index in [-0.39, 0.29) is 12.3 Å².